The van der Waals surface area contributed by atoms with Gasteiger partial charge in [0.25, 0.3) is 0 Å². The molecule has 0 bridgehead atoms. The van der Waals surface area contributed by atoms with E-state index < -0.39 is 11.7 Å². The van der Waals surface area contributed by atoms with Crippen molar-refractivity contribution in [3.05, 3.63) is 72.4 Å². The van der Waals surface area contributed by atoms with Crippen LogP contribution in [-0.4, -0.2) is 20.5 Å². The molecule has 0 spiro atoms. The summed E-state index contributed by atoms with van der Waals surface area (Å²) in [6.07, 6.45) is 0.0875. The Hall–Kier alpha value is -3.88. The van der Waals surface area contributed by atoms with Gasteiger partial charge in [-0.05, 0) is 60.7 Å². The molecule has 1 amide bonds. The Morgan fingerprint density at radius 3 is 2.45 bits per heavy atom. The molecule has 2 aromatic heterocycles. The Morgan fingerprint density at radius 2 is 1.73 bits per heavy atom. The van der Waals surface area contributed by atoms with E-state index >= 15 is 0 Å². The van der Waals surface area contributed by atoms with Crippen molar-refractivity contribution in [1.29, 1.82) is 0 Å². The number of nitrogens with one attached hydrogen (secondary N) is 2. The lowest BCUT2D eigenvalue weighted by atomic mass is 10.1. The number of halogens is 3. The summed E-state index contributed by atoms with van der Waals surface area (Å²) in [5.41, 5.74) is 2.10. The molecule has 2 aromatic carbocycles. The van der Waals surface area contributed by atoms with Crippen LogP contribution in [0.25, 0.3) is 16.8 Å². The van der Waals surface area contributed by atoms with Gasteiger partial charge in [0.1, 0.15) is 0 Å². The van der Waals surface area contributed by atoms with Crippen LogP contribution in [0.4, 0.5) is 30.5 Å². The number of amides is 1. The molecule has 1 saturated carbocycles. The van der Waals surface area contributed by atoms with Gasteiger partial charge in [-0.3, -0.25) is 4.79 Å². The van der Waals surface area contributed by atoms with E-state index in [0.717, 1.165) is 35.7 Å². The van der Waals surface area contributed by atoms with Crippen molar-refractivity contribution in [2.45, 2.75) is 25.4 Å². The van der Waals surface area contributed by atoms with Crippen molar-refractivity contribution in [2.24, 2.45) is 5.92 Å². The van der Waals surface area contributed by atoms with E-state index in [1.807, 2.05) is 30.3 Å². The number of para-hydroxylation sites is 1. The smallest absolute Gasteiger partial charge is 0.326 e. The summed E-state index contributed by atoms with van der Waals surface area (Å²) < 4.78 is 41.2. The number of benzene rings is 2. The molecule has 1 aliphatic rings. The summed E-state index contributed by atoms with van der Waals surface area (Å²) in [5.74, 6) is 0.624. The van der Waals surface area contributed by atoms with Crippen molar-refractivity contribution in [1.82, 2.24) is 14.6 Å². The quantitative estimate of drug-likeness (QED) is 0.383. The first-order valence-electron chi connectivity index (χ1n) is 10.6. The van der Waals surface area contributed by atoms with Crippen LogP contribution < -0.4 is 10.6 Å². The van der Waals surface area contributed by atoms with Crippen molar-refractivity contribution < 1.29 is 18.0 Å². The zero-order chi connectivity index (χ0) is 23.0. The second-order valence-corrected chi connectivity index (χ2v) is 8.10. The van der Waals surface area contributed by atoms with Gasteiger partial charge in [0.05, 0.1) is 11.3 Å². The SMILES string of the molecule is O=C(CC1CC1)Nc1ccc(-c2ccc3nc(Nc4ccccc4C(F)(F)F)nn3c2)cc1. The zero-order valence-electron chi connectivity index (χ0n) is 17.4. The molecule has 6 nitrogen and oxygen atoms in total. The van der Waals surface area contributed by atoms with Crippen molar-refractivity contribution in [3.8, 4) is 11.1 Å². The van der Waals surface area contributed by atoms with Gasteiger partial charge in [-0.15, -0.1) is 5.10 Å². The molecule has 0 aliphatic heterocycles. The number of hydrogen-bond donors (Lipinski definition) is 2. The minimum Gasteiger partial charge on any atom is -0.326 e. The summed E-state index contributed by atoms with van der Waals surface area (Å²) in [6, 6.07) is 16.3. The van der Waals surface area contributed by atoms with Crippen LogP contribution in [0.1, 0.15) is 24.8 Å². The molecule has 2 heterocycles. The van der Waals surface area contributed by atoms with Crippen LogP contribution in [-0.2, 0) is 11.0 Å². The van der Waals surface area contributed by atoms with Crippen molar-refractivity contribution in [3.63, 3.8) is 0 Å². The van der Waals surface area contributed by atoms with Crippen molar-refractivity contribution >= 4 is 28.9 Å². The Bertz CT molecular complexity index is 1310. The largest absolute Gasteiger partial charge is 0.418 e. The highest BCUT2D eigenvalue weighted by Gasteiger charge is 2.33. The van der Waals surface area contributed by atoms with Crippen LogP contribution in [0.15, 0.2) is 66.9 Å². The monoisotopic (exact) mass is 451 g/mol. The number of alkyl halides is 3. The molecule has 0 radical (unpaired) electrons. The van der Waals surface area contributed by atoms with E-state index in [4.69, 9.17) is 0 Å². The number of aromatic nitrogens is 3. The van der Waals surface area contributed by atoms with Crippen LogP contribution in [0.2, 0.25) is 0 Å². The van der Waals surface area contributed by atoms with Crippen LogP contribution >= 0.6 is 0 Å². The molecule has 2 N–H and O–H groups in total. The van der Waals surface area contributed by atoms with Gasteiger partial charge in [-0.25, -0.2) is 4.52 Å². The predicted octanol–water partition coefficient (Wildman–Crippen LogP) is 5.90. The minimum absolute atomic E-state index is 0.0291. The Morgan fingerprint density at radius 1 is 1.00 bits per heavy atom. The fourth-order valence-electron chi connectivity index (χ4n) is 3.61. The molecule has 33 heavy (non-hydrogen) atoms. The minimum atomic E-state index is -4.49. The highest BCUT2D eigenvalue weighted by atomic mass is 19.4. The second-order valence-electron chi connectivity index (χ2n) is 8.10. The van der Waals surface area contributed by atoms with Gasteiger partial charge in [0, 0.05) is 23.9 Å². The topological polar surface area (TPSA) is 71.3 Å². The lowest BCUT2D eigenvalue weighted by Crippen LogP contribution is -2.11. The van der Waals surface area contributed by atoms with E-state index in [1.165, 1.54) is 22.7 Å². The lowest BCUT2D eigenvalue weighted by molar-refractivity contribution is -0.137. The maximum atomic E-state index is 13.2. The predicted molar refractivity (Wildman–Crippen MR) is 119 cm³/mol. The fourth-order valence-corrected chi connectivity index (χ4v) is 3.61. The third kappa shape index (κ3) is 4.82. The summed E-state index contributed by atoms with van der Waals surface area (Å²) in [5, 5.41) is 9.85. The van der Waals surface area contributed by atoms with Gasteiger partial charge >= 0.3 is 6.18 Å². The normalized spacial score (nSPS) is 13.8. The summed E-state index contributed by atoms with van der Waals surface area (Å²) in [7, 11) is 0. The van der Waals surface area contributed by atoms with Crippen LogP contribution in [0, 0.1) is 5.92 Å². The van der Waals surface area contributed by atoms with Gasteiger partial charge in [-0.2, -0.15) is 18.2 Å². The summed E-state index contributed by atoms with van der Waals surface area (Å²) in [6.45, 7) is 0. The molecule has 9 heteroatoms. The molecule has 4 aromatic rings. The number of carbonyl (C=O) groups excluding carboxylic acids is 1. The number of pyridine rings is 1. The number of hydrogen-bond acceptors (Lipinski definition) is 4. The first-order valence-corrected chi connectivity index (χ1v) is 10.6. The van der Waals surface area contributed by atoms with E-state index in [2.05, 4.69) is 20.7 Å². The standard InChI is InChI=1S/C24H20F3N5O/c25-24(26,27)19-3-1-2-4-20(19)29-23-30-21-12-9-17(14-32(21)31-23)16-7-10-18(11-8-16)28-22(33)13-15-5-6-15/h1-4,7-12,14-15H,5-6,13H2,(H,28,33)(H,29,31). The maximum Gasteiger partial charge on any atom is 0.418 e. The fraction of sp³-hybridized carbons (Fsp3) is 0.208. The van der Waals surface area contributed by atoms with Crippen LogP contribution in [0.5, 0.6) is 0 Å². The van der Waals surface area contributed by atoms with E-state index in [0.29, 0.717) is 18.0 Å². The molecule has 0 saturated heterocycles. The maximum absolute atomic E-state index is 13.2. The van der Waals surface area contributed by atoms with Crippen LogP contribution in [0.3, 0.4) is 0 Å². The molecule has 1 aliphatic carbocycles. The number of rotatable bonds is 6. The number of nitrogens with zero attached hydrogens (tertiary/aromatic N) is 3. The van der Waals surface area contributed by atoms with Gasteiger partial charge in [0.15, 0.2) is 5.65 Å². The molecular weight excluding hydrogens is 431 g/mol. The Kier molecular flexibility index (Phi) is 5.24. The third-order valence-electron chi connectivity index (χ3n) is 5.48. The van der Waals surface area contributed by atoms with Gasteiger partial charge in [-0.1, -0.05) is 24.3 Å². The highest BCUT2D eigenvalue weighted by molar-refractivity contribution is 5.91. The molecule has 5 rings (SSSR count). The first-order chi connectivity index (χ1) is 15.8. The zero-order valence-corrected chi connectivity index (χ0v) is 17.4. The molecule has 168 valence electrons. The second kappa shape index (κ2) is 8.23. The highest BCUT2D eigenvalue weighted by Crippen LogP contribution is 2.35. The first kappa shape index (κ1) is 21.0. The number of fused-ring (bicyclic) bond motifs is 1. The lowest BCUT2D eigenvalue weighted by Gasteiger charge is -2.12. The number of anilines is 3. The molecule has 1 fully saturated rings. The third-order valence-corrected chi connectivity index (χ3v) is 5.48. The van der Waals surface area contributed by atoms with Gasteiger partial charge < -0.3 is 10.6 Å². The van der Waals surface area contributed by atoms with E-state index in [1.54, 1.807) is 12.3 Å². The van der Waals surface area contributed by atoms with Crippen molar-refractivity contribution in [2.75, 3.05) is 10.6 Å². The molecular formula is C24H20F3N5O. The summed E-state index contributed by atoms with van der Waals surface area (Å²) >= 11 is 0. The van der Waals surface area contributed by atoms with E-state index in [-0.39, 0.29) is 17.5 Å². The summed E-state index contributed by atoms with van der Waals surface area (Å²) in [4.78, 5) is 16.2. The Balaban J connectivity index is 1.34. The average Bonchev–Trinajstić information content (AvgIpc) is 3.50. The Labute approximate surface area is 187 Å². The number of carbonyl (C=O) groups is 1. The molecule has 0 atom stereocenters. The van der Waals surface area contributed by atoms with E-state index in [9.17, 15) is 18.0 Å². The average molecular weight is 451 g/mol. The van der Waals surface area contributed by atoms with Gasteiger partial charge in [0.2, 0.25) is 11.9 Å². The molecule has 0 unspecified atom stereocenters.